The van der Waals surface area contributed by atoms with Crippen LogP contribution in [0, 0.1) is 0 Å². The van der Waals surface area contributed by atoms with Crippen molar-refractivity contribution in [3.05, 3.63) is 46.5 Å². The summed E-state index contributed by atoms with van der Waals surface area (Å²) in [5, 5.41) is 0.660. The average molecular weight is 245 g/mol. The molecule has 17 heavy (non-hydrogen) atoms. The van der Waals surface area contributed by atoms with Gasteiger partial charge in [-0.05, 0) is 18.4 Å². The van der Waals surface area contributed by atoms with Crippen LogP contribution in [0.5, 0.6) is 0 Å². The van der Waals surface area contributed by atoms with Crippen LogP contribution in [0.2, 0.25) is 0 Å². The van der Waals surface area contributed by atoms with E-state index in [0.717, 1.165) is 25.0 Å². The summed E-state index contributed by atoms with van der Waals surface area (Å²) in [5.41, 5.74) is 14.3. The van der Waals surface area contributed by atoms with E-state index < -0.39 is 0 Å². The van der Waals surface area contributed by atoms with Crippen LogP contribution in [0.4, 0.5) is 5.13 Å². The molecule has 1 aromatic heterocycles. The third-order valence-corrected chi connectivity index (χ3v) is 4.41. The second-order valence-corrected chi connectivity index (χ2v) is 5.74. The molecule has 0 aliphatic heterocycles. The van der Waals surface area contributed by atoms with Crippen LogP contribution >= 0.6 is 11.3 Å². The lowest BCUT2D eigenvalue weighted by molar-refractivity contribution is 0.383. The van der Waals surface area contributed by atoms with E-state index in [4.69, 9.17) is 11.5 Å². The molecule has 3 rings (SSSR count). The van der Waals surface area contributed by atoms with E-state index in [1.807, 2.05) is 18.2 Å². The third-order valence-electron chi connectivity index (χ3n) is 3.42. The highest BCUT2D eigenvalue weighted by Crippen LogP contribution is 2.37. The Balaban J connectivity index is 1.97. The maximum absolute atomic E-state index is 6.53. The van der Waals surface area contributed by atoms with Gasteiger partial charge in [-0.15, -0.1) is 11.3 Å². The molecule has 3 nitrogen and oxygen atoms in total. The number of rotatable bonds is 1. The number of aryl methyl sites for hydroxylation is 1. The Morgan fingerprint density at radius 2 is 2.00 bits per heavy atom. The van der Waals surface area contributed by atoms with Crippen molar-refractivity contribution in [2.24, 2.45) is 5.73 Å². The summed E-state index contributed by atoms with van der Waals surface area (Å²) in [6.45, 7) is 0. The minimum atomic E-state index is -0.283. The Morgan fingerprint density at radius 3 is 2.76 bits per heavy atom. The molecule has 0 radical (unpaired) electrons. The summed E-state index contributed by atoms with van der Waals surface area (Å²) in [7, 11) is 0. The number of hydrogen-bond donors (Lipinski definition) is 2. The number of nitrogen functional groups attached to an aromatic ring is 1. The third kappa shape index (κ3) is 1.83. The molecule has 2 aromatic rings. The lowest BCUT2D eigenvalue weighted by Crippen LogP contribution is -2.42. The van der Waals surface area contributed by atoms with E-state index in [2.05, 4.69) is 17.1 Å². The molecular weight excluding hydrogens is 230 g/mol. The molecule has 0 bridgehead atoms. The van der Waals surface area contributed by atoms with E-state index >= 15 is 0 Å². The fourth-order valence-corrected chi connectivity index (χ4v) is 3.33. The molecule has 1 aromatic carbocycles. The fraction of sp³-hybridized carbons (Fsp3) is 0.308. The quantitative estimate of drug-likeness (QED) is 0.808. The first-order valence-corrected chi connectivity index (χ1v) is 6.57. The molecule has 0 amide bonds. The van der Waals surface area contributed by atoms with Crippen LogP contribution in [0.1, 0.15) is 22.6 Å². The van der Waals surface area contributed by atoms with Crippen molar-refractivity contribution in [1.29, 1.82) is 0 Å². The van der Waals surface area contributed by atoms with Gasteiger partial charge >= 0.3 is 0 Å². The van der Waals surface area contributed by atoms with Gasteiger partial charge in [0, 0.05) is 16.8 Å². The van der Waals surface area contributed by atoms with Crippen LogP contribution in [0.25, 0.3) is 0 Å². The molecule has 88 valence electrons. The molecule has 1 atom stereocenters. The number of anilines is 1. The zero-order chi connectivity index (χ0) is 11.9. The van der Waals surface area contributed by atoms with Gasteiger partial charge < -0.3 is 11.5 Å². The van der Waals surface area contributed by atoms with E-state index in [9.17, 15) is 0 Å². The lowest BCUT2D eigenvalue weighted by Gasteiger charge is -2.33. The predicted octanol–water partition coefficient (Wildman–Crippen LogP) is 2.07. The second-order valence-electron chi connectivity index (χ2n) is 4.62. The highest BCUT2D eigenvalue weighted by molar-refractivity contribution is 7.15. The topological polar surface area (TPSA) is 64.9 Å². The van der Waals surface area contributed by atoms with Gasteiger partial charge in [0.05, 0.1) is 5.69 Å². The van der Waals surface area contributed by atoms with Gasteiger partial charge in [-0.2, -0.15) is 0 Å². The number of nitrogens with two attached hydrogens (primary N) is 2. The van der Waals surface area contributed by atoms with Gasteiger partial charge in [0.15, 0.2) is 5.13 Å². The molecule has 0 saturated carbocycles. The van der Waals surface area contributed by atoms with Crippen molar-refractivity contribution < 1.29 is 0 Å². The minimum Gasteiger partial charge on any atom is -0.375 e. The number of aromatic nitrogens is 1. The van der Waals surface area contributed by atoms with Crippen molar-refractivity contribution in [2.75, 3.05) is 5.73 Å². The van der Waals surface area contributed by atoms with E-state index in [1.165, 1.54) is 10.4 Å². The van der Waals surface area contributed by atoms with Gasteiger partial charge in [-0.1, -0.05) is 30.3 Å². The molecule has 1 aliphatic carbocycles. The average Bonchev–Trinajstić information content (AvgIpc) is 2.69. The van der Waals surface area contributed by atoms with Gasteiger partial charge in [0.1, 0.15) is 0 Å². The highest BCUT2D eigenvalue weighted by atomic mass is 32.1. The van der Waals surface area contributed by atoms with Gasteiger partial charge in [-0.3, -0.25) is 0 Å². The molecular formula is C13H15N3S. The van der Waals surface area contributed by atoms with E-state index in [0.29, 0.717) is 5.13 Å². The zero-order valence-electron chi connectivity index (χ0n) is 9.52. The normalized spacial score (nSPS) is 23.4. The number of benzene rings is 1. The van der Waals surface area contributed by atoms with Crippen molar-refractivity contribution in [1.82, 2.24) is 4.98 Å². The van der Waals surface area contributed by atoms with E-state index in [1.54, 1.807) is 11.3 Å². The summed E-state index contributed by atoms with van der Waals surface area (Å²) in [6.07, 6.45) is 2.74. The van der Waals surface area contributed by atoms with E-state index in [-0.39, 0.29) is 5.54 Å². The molecule has 0 spiro atoms. The first-order chi connectivity index (χ1) is 8.17. The van der Waals surface area contributed by atoms with Gasteiger partial charge in [0.2, 0.25) is 0 Å². The standard InChI is InChI=1S/C13H15N3S/c14-12-16-10-8-13(15,7-6-11(10)17-12)9-4-2-1-3-5-9/h1-5H,6-8,15H2,(H2,14,16)/t13-/m1/s1. The van der Waals surface area contributed by atoms with Crippen molar-refractivity contribution in [3.8, 4) is 0 Å². The summed E-state index contributed by atoms with van der Waals surface area (Å²) in [5.74, 6) is 0. The molecule has 1 heterocycles. The summed E-state index contributed by atoms with van der Waals surface area (Å²) < 4.78 is 0. The first kappa shape index (κ1) is 10.7. The SMILES string of the molecule is Nc1nc2c(s1)CC[C@](N)(c1ccccc1)C2. The predicted molar refractivity (Wildman–Crippen MR) is 70.9 cm³/mol. The van der Waals surface area contributed by atoms with Crippen LogP contribution in [0.15, 0.2) is 30.3 Å². The monoisotopic (exact) mass is 245 g/mol. The molecule has 4 heteroatoms. The molecule has 0 fully saturated rings. The largest absolute Gasteiger partial charge is 0.375 e. The smallest absolute Gasteiger partial charge is 0.180 e. The first-order valence-electron chi connectivity index (χ1n) is 5.76. The number of fused-ring (bicyclic) bond motifs is 1. The fourth-order valence-electron chi connectivity index (χ4n) is 2.48. The van der Waals surface area contributed by atoms with Crippen LogP contribution in [-0.4, -0.2) is 4.98 Å². The summed E-state index contributed by atoms with van der Waals surface area (Å²) >= 11 is 1.60. The Morgan fingerprint density at radius 1 is 1.24 bits per heavy atom. The number of nitrogens with zero attached hydrogens (tertiary/aromatic N) is 1. The maximum Gasteiger partial charge on any atom is 0.180 e. The van der Waals surface area contributed by atoms with Crippen molar-refractivity contribution >= 4 is 16.5 Å². The molecule has 0 saturated heterocycles. The highest BCUT2D eigenvalue weighted by Gasteiger charge is 2.33. The van der Waals surface area contributed by atoms with Crippen molar-refractivity contribution in [3.63, 3.8) is 0 Å². The van der Waals surface area contributed by atoms with Crippen LogP contribution in [-0.2, 0) is 18.4 Å². The van der Waals surface area contributed by atoms with Gasteiger partial charge in [0.25, 0.3) is 0 Å². The molecule has 1 aliphatic rings. The zero-order valence-corrected chi connectivity index (χ0v) is 10.3. The van der Waals surface area contributed by atoms with Crippen LogP contribution in [0.3, 0.4) is 0 Å². The van der Waals surface area contributed by atoms with Crippen molar-refractivity contribution in [2.45, 2.75) is 24.8 Å². The maximum atomic E-state index is 6.53. The molecule has 4 N–H and O–H groups in total. The lowest BCUT2D eigenvalue weighted by atomic mass is 9.78. The Kier molecular flexibility index (Phi) is 2.42. The summed E-state index contributed by atoms with van der Waals surface area (Å²) in [4.78, 5) is 5.69. The summed E-state index contributed by atoms with van der Waals surface area (Å²) in [6, 6.07) is 10.3. The molecule has 0 unspecified atom stereocenters. The Bertz CT molecular complexity index is 535. The van der Waals surface area contributed by atoms with Gasteiger partial charge in [-0.25, -0.2) is 4.98 Å². The Hall–Kier alpha value is -1.39. The number of thiazole rings is 1. The van der Waals surface area contributed by atoms with Crippen LogP contribution < -0.4 is 11.5 Å². The second kappa shape index (κ2) is 3.82. The Labute approximate surface area is 104 Å². The number of hydrogen-bond acceptors (Lipinski definition) is 4. The minimum absolute atomic E-state index is 0.283.